The molecule has 0 bridgehead atoms. The zero-order chi connectivity index (χ0) is 17.8. The number of rotatable bonds is 2. The van der Waals surface area contributed by atoms with E-state index < -0.39 is 15.6 Å². The van der Waals surface area contributed by atoms with Crippen LogP contribution in [0.5, 0.6) is 5.88 Å². The molecule has 0 saturated heterocycles. The van der Waals surface area contributed by atoms with Crippen LogP contribution in [0.2, 0.25) is 5.02 Å². The molecule has 1 N–H and O–H groups in total. The minimum atomic E-state index is -5.84. The van der Waals surface area contributed by atoms with Gasteiger partial charge in [0.05, 0.1) is 23.8 Å². The predicted molar refractivity (Wildman–Crippen MR) is 78.8 cm³/mol. The van der Waals surface area contributed by atoms with Crippen molar-refractivity contribution in [3.63, 3.8) is 0 Å². The Morgan fingerprint density at radius 1 is 1.39 bits per heavy atom. The van der Waals surface area contributed by atoms with Crippen LogP contribution in [0.1, 0.15) is 5.56 Å². The van der Waals surface area contributed by atoms with E-state index in [1.165, 1.54) is 0 Å². The van der Waals surface area contributed by atoms with E-state index in [1.807, 2.05) is 6.07 Å². The van der Waals surface area contributed by atoms with Gasteiger partial charge in [-0.2, -0.15) is 21.6 Å². The maximum Gasteiger partial charge on any atom is 0.522 e. The van der Waals surface area contributed by atoms with Crippen LogP contribution in [0.3, 0.4) is 0 Å². The average Bonchev–Trinajstić information content (AvgIpc) is 2.45. The molecule has 6 nitrogen and oxygen atoms in total. The van der Waals surface area contributed by atoms with Gasteiger partial charge >= 0.3 is 15.6 Å². The summed E-state index contributed by atoms with van der Waals surface area (Å²) in [5, 5.41) is 0.611. The molecule has 1 heterocycles. The molecular formula is C12H10ClF3N2O4S. The fourth-order valence-corrected chi connectivity index (χ4v) is 1.58. The van der Waals surface area contributed by atoms with Gasteiger partial charge in [-0.3, -0.25) is 4.55 Å². The second-order valence-electron chi connectivity index (χ2n) is 3.87. The monoisotopic (exact) mass is 370 g/mol. The highest BCUT2D eigenvalue weighted by molar-refractivity contribution is 7.86. The summed E-state index contributed by atoms with van der Waals surface area (Å²) in [6.45, 7) is 3.70. The Kier molecular flexibility index (Phi) is 5.92. The fraction of sp³-hybridized carbons (Fsp3) is 0.167. The van der Waals surface area contributed by atoms with Crippen LogP contribution in [0.4, 0.5) is 13.2 Å². The Labute approximate surface area is 134 Å². The summed E-state index contributed by atoms with van der Waals surface area (Å²) in [5.41, 5.74) is -3.28. The number of halogens is 4. The summed E-state index contributed by atoms with van der Waals surface area (Å²) in [7, 11) is -4.29. The van der Waals surface area contributed by atoms with Gasteiger partial charge in [-0.1, -0.05) is 24.3 Å². The lowest BCUT2D eigenvalue weighted by molar-refractivity contribution is -0.0510. The number of aromatic nitrogens is 2. The minimum Gasteiger partial charge on any atom is -0.480 e. The highest BCUT2D eigenvalue weighted by Crippen LogP contribution is 2.25. The number of ether oxygens (including phenoxy) is 1. The van der Waals surface area contributed by atoms with Crippen molar-refractivity contribution in [3.05, 3.63) is 35.5 Å². The molecule has 126 valence electrons. The third-order valence-electron chi connectivity index (χ3n) is 2.38. The van der Waals surface area contributed by atoms with E-state index in [-0.39, 0.29) is 0 Å². The van der Waals surface area contributed by atoms with Gasteiger partial charge in [0.25, 0.3) is 0 Å². The van der Waals surface area contributed by atoms with Gasteiger partial charge in [-0.25, -0.2) is 9.97 Å². The molecule has 1 aromatic carbocycles. The van der Waals surface area contributed by atoms with Crippen molar-refractivity contribution in [2.24, 2.45) is 0 Å². The lowest BCUT2D eigenvalue weighted by Crippen LogP contribution is -2.21. The first kappa shape index (κ1) is 19.1. The highest BCUT2D eigenvalue weighted by Gasteiger charge is 2.44. The standard InChI is InChI=1S/C11H9ClN2O.CHF3O3S/c1-3-7-8(12)4-5-9-11(7)14-10(15-2)6-13-9;2-1(3,4)8(5,6)7/h3-6H,1H2,2H3;(H,5,6,7). The molecule has 2 aromatic rings. The summed E-state index contributed by atoms with van der Waals surface area (Å²) in [4.78, 5) is 8.49. The van der Waals surface area contributed by atoms with E-state index in [1.54, 1.807) is 25.4 Å². The molecule has 0 atom stereocenters. The van der Waals surface area contributed by atoms with Crippen molar-refractivity contribution in [2.45, 2.75) is 5.51 Å². The van der Waals surface area contributed by atoms with Crippen molar-refractivity contribution < 1.29 is 30.9 Å². The van der Waals surface area contributed by atoms with E-state index in [0.29, 0.717) is 16.4 Å². The number of nitrogens with zero attached hydrogens (tertiary/aromatic N) is 2. The van der Waals surface area contributed by atoms with Crippen LogP contribution >= 0.6 is 11.6 Å². The zero-order valence-electron chi connectivity index (χ0n) is 11.5. The van der Waals surface area contributed by atoms with Crippen LogP contribution in [0, 0.1) is 0 Å². The third-order valence-corrected chi connectivity index (χ3v) is 3.30. The fourth-order valence-electron chi connectivity index (χ4n) is 1.35. The number of fused-ring (bicyclic) bond motifs is 1. The van der Waals surface area contributed by atoms with Gasteiger partial charge in [-0.15, -0.1) is 0 Å². The van der Waals surface area contributed by atoms with Crippen molar-refractivity contribution in [3.8, 4) is 5.88 Å². The summed E-state index contributed by atoms with van der Waals surface area (Å²) in [6.07, 6.45) is 3.24. The van der Waals surface area contributed by atoms with Crippen molar-refractivity contribution in [1.29, 1.82) is 0 Å². The highest BCUT2D eigenvalue weighted by atomic mass is 35.5. The minimum absolute atomic E-state index is 0.466. The van der Waals surface area contributed by atoms with Gasteiger partial charge in [0.2, 0.25) is 5.88 Å². The molecule has 0 unspecified atom stereocenters. The largest absolute Gasteiger partial charge is 0.522 e. The maximum absolute atomic E-state index is 10.7. The molecule has 0 amide bonds. The Balaban J connectivity index is 0.000000284. The van der Waals surface area contributed by atoms with E-state index in [2.05, 4.69) is 16.5 Å². The summed E-state index contributed by atoms with van der Waals surface area (Å²) in [5.74, 6) is 0.466. The molecular weight excluding hydrogens is 361 g/mol. The Morgan fingerprint density at radius 3 is 2.39 bits per heavy atom. The smallest absolute Gasteiger partial charge is 0.480 e. The molecule has 0 spiro atoms. The SMILES string of the molecule is C=Cc1c(Cl)ccc2ncc(OC)nc12.O=S(=O)(O)C(F)(F)F. The predicted octanol–water partition coefficient (Wildman–Crippen LogP) is 3.33. The van der Waals surface area contributed by atoms with E-state index in [0.717, 1.165) is 11.1 Å². The number of alkyl halides is 3. The second-order valence-corrected chi connectivity index (χ2v) is 5.69. The molecule has 0 radical (unpaired) electrons. The van der Waals surface area contributed by atoms with Crippen molar-refractivity contribution in [1.82, 2.24) is 9.97 Å². The average molecular weight is 371 g/mol. The Hall–Kier alpha value is -1.91. The number of benzene rings is 1. The van der Waals surface area contributed by atoms with Crippen LogP contribution in [-0.4, -0.2) is 35.6 Å². The topological polar surface area (TPSA) is 89.4 Å². The Morgan fingerprint density at radius 2 is 1.96 bits per heavy atom. The normalized spacial score (nSPS) is 11.6. The number of methoxy groups -OCH3 is 1. The molecule has 0 aliphatic heterocycles. The first-order chi connectivity index (χ1) is 10.5. The summed E-state index contributed by atoms with van der Waals surface area (Å²) in [6, 6.07) is 3.60. The molecule has 1 aromatic heterocycles. The molecule has 0 aliphatic carbocycles. The molecule has 11 heteroatoms. The van der Waals surface area contributed by atoms with Crippen molar-refractivity contribution in [2.75, 3.05) is 7.11 Å². The lowest BCUT2D eigenvalue weighted by atomic mass is 10.2. The quantitative estimate of drug-likeness (QED) is 0.644. The number of hydrogen-bond donors (Lipinski definition) is 1. The zero-order valence-corrected chi connectivity index (χ0v) is 13.1. The van der Waals surface area contributed by atoms with Crippen LogP contribution in [0.25, 0.3) is 17.1 Å². The van der Waals surface area contributed by atoms with Crippen LogP contribution in [0.15, 0.2) is 24.9 Å². The van der Waals surface area contributed by atoms with Crippen LogP contribution in [-0.2, 0) is 10.1 Å². The van der Waals surface area contributed by atoms with Gasteiger partial charge in [-0.05, 0) is 12.1 Å². The van der Waals surface area contributed by atoms with Crippen molar-refractivity contribution >= 4 is 38.8 Å². The Bertz CT molecular complexity index is 825. The molecule has 0 saturated carbocycles. The molecule has 0 aliphatic rings. The molecule has 0 fully saturated rings. The molecule has 2 rings (SSSR count). The van der Waals surface area contributed by atoms with Gasteiger partial charge < -0.3 is 4.74 Å². The summed E-state index contributed by atoms with van der Waals surface area (Å²) >= 11 is 6.02. The first-order valence-corrected chi connectivity index (χ1v) is 7.48. The third kappa shape index (κ3) is 4.78. The van der Waals surface area contributed by atoms with E-state index in [9.17, 15) is 13.2 Å². The maximum atomic E-state index is 10.7. The second kappa shape index (κ2) is 7.11. The van der Waals surface area contributed by atoms with Gasteiger partial charge in [0.1, 0.15) is 5.52 Å². The van der Waals surface area contributed by atoms with Crippen LogP contribution < -0.4 is 4.74 Å². The lowest BCUT2D eigenvalue weighted by Gasteiger charge is -2.04. The van der Waals surface area contributed by atoms with Gasteiger partial charge in [0.15, 0.2) is 0 Å². The molecule has 23 heavy (non-hydrogen) atoms. The van der Waals surface area contributed by atoms with E-state index in [4.69, 9.17) is 29.3 Å². The van der Waals surface area contributed by atoms with Gasteiger partial charge in [0, 0.05) is 5.56 Å². The summed E-state index contributed by atoms with van der Waals surface area (Å²) < 4.78 is 62.6. The number of hydrogen-bond acceptors (Lipinski definition) is 5. The first-order valence-electron chi connectivity index (χ1n) is 5.66. The van der Waals surface area contributed by atoms with E-state index >= 15 is 0 Å².